The monoisotopic (exact) mass is 358 g/mol. The molecule has 0 saturated heterocycles. The average molecular weight is 358 g/mol. The smallest absolute Gasteiger partial charge is 0.250 e. The number of hydrogen-bond donors (Lipinski definition) is 1. The summed E-state index contributed by atoms with van der Waals surface area (Å²) in [4.78, 5) is 16.3. The second-order valence-electron chi connectivity index (χ2n) is 5.06. The van der Waals surface area contributed by atoms with Crippen LogP contribution in [0, 0.1) is 5.82 Å². The summed E-state index contributed by atoms with van der Waals surface area (Å²) >= 11 is 1.22. The molecule has 3 aromatic rings. The molecule has 0 radical (unpaired) electrons. The molecular formula is C18H15FN2O3S. The highest BCUT2D eigenvalue weighted by Gasteiger charge is 2.07. The van der Waals surface area contributed by atoms with E-state index in [1.54, 1.807) is 44.6 Å². The summed E-state index contributed by atoms with van der Waals surface area (Å²) in [5.41, 5.74) is 1.38. The van der Waals surface area contributed by atoms with Crippen LogP contribution in [-0.4, -0.2) is 25.1 Å². The number of methoxy groups -OCH3 is 2. The molecule has 25 heavy (non-hydrogen) atoms. The van der Waals surface area contributed by atoms with Crippen LogP contribution in [0.15, 0.2) is 42.5 Å². The van der Waals surface area contributed by atoms with Crippen molar-refractivity contribution in [1.82, 2.24) is 4.98 Å². The Morgan fingerprint density at radius 3 is 2.80 bits per heavy atom. The molecule has 0 aliphatic rings. The lowest BCUT2D eigenvalue weighted by Crippen LogP contribution is -2.07. The summed E-state index contributed by atoms with van der Waals surface area (Å²) in [6.07, 6.45) is 3.03. The third-order valence-electron chi connectivity index (χ3n) is 3.44. The molecule has 1 heterocycles. The van der Waals surface area contributed by atoms with Gasteiger partial charge in [0.1, 0.15) is 17.3 Å². The number of carbonyl (C=O) groups is 1. The maximum atomic E-state index is 13.2. The van der Waals surface area contributed by atoms with E-state index in [0.717, 1.165) is 5.56 Å². The van der Waals surface area contributed by atoms with Gasteiger partial charge >= 0.3 is 0 Å². The van der Waals surface area contributed by atoms with E-state index in [2.05, 4.69) is 10.3 Å². The van der Waals surface area contributed by atoms with E-state index in [4.69, 9.17) is 9.47 Å². The van der Waals surface area contributed by atoms with Crippen LogP contribution >= 0.6 is 11.3 Å². The molecule has 0 unspecified atom stereocenters. The Morgan fingerprint density at radius 2 is 2.04 bits per heavy atom. The van der Waals surface area contributed by atoms with Crippen molar-refractivity contribution >= 4 is 38.7 Å². The van der Waals surface area contributed by atoms with Crippen molar-refractivity contribution in [3.05, 3.63) is 53.9 Å². The highest BCUT2D eigenvalue weighted by atomic mass is 32.1. The highest BCUT2D eigenvalue weighted by Crippen LogP contribution is 2.27. The Morgan fingerprint density at radius 1 is 1.20 bits per heavy atom. The Hall–Kier alpha value is -2.93. The quantitative estimate of drug-likeness (QED) is 0.698. The molecule has 0 atom stereocenters. The summed E-state index contributed by atoms with van der Waals surface area (Å²) in [5.74, 6) is 0.594. The number of amides is 1. The van der Waals surface area contributed by atoms with Crippen LogP contribution < -0.4 is 14.8 Å². The largest absolute Gasteiger partial charge is 0.497 e. The van der Waals surface area contributed by atoms with E-state index in [1.165, 1.54) is 29.5 Å². The van der Waals surface area contributed by atoms with Gasteiger partial charge in [0.15, 0.2) is 5.13 Å². The van der Waals surface area contributed by atoms with Crippen LogP contribution in [0.5, 0.6) is 11.5 Å². The van der Waals surface area contributed by atoms with Gasteiger partial charge in [-0.15, -0.1) is 0 Å². The van der Waals surface area contributed by atoms with E-state index in [-0.39, 0.29) is 11.7 Å². The summed E-state index contributed by atoms with van der Waals surface area (Å²) in [5, 5.41) is 3.09. The summed E-state index contributed by atoms with van der Waals surface area (Å²) in [6, 6.07) is 9.61. The zero-order chi connectivity index (χ0) is 17.8. The number of nitrogens with zero attached hydrogens (tertiary/aromatic N) is 1. The first-order valence-corrected chi connectivity index (χ1v) is 8.18. The van der Waals surface area contributed by atoms with Gasteiger partial charge in [0, 0.05) is 17.7 Å². The van der Waals surface area contributed by atoms with Gasteiger partial charge in [-0.3, -0.25) is 10.1 Å². The first kappa shape index (κ1) is 16.9. The van der Waals surface area contributed by atoms with Gasteiger partial charge in [-0.05, 0) is 36.4 Å². The van der Waals surface area contributed by atoms with Crippen LogP contribution in [0.4, 0.5) is 9.52 Å². The normalized spacial score (nSPS) is 11.0. The van der Waals surface area contributed by atoms with E-state index in [1.807, 2.05) is 0 Å². The fourth-order valence-corrected chi connectivity index (χ4v) is 3.11. The van der Waals surface area contributed by atoms with Crippen molar-refractivity contribution in [2.24, 2.45) is 0 Å². The number of aromatic nitrogens is 1. The van der Waals surface area contributed by atoms with Gasteiger partial charge in [0.25, 0.3) is 0 Å². The average Bonchev–Trinajstić information content (AvgIpc) is 3.00. The number of hydrogen-bond acceptors (Lipinski definition) is 5. The molecule has 3 rings (SSSR count). The summed E-state index contributed by atoms with van der Waals surface area (Å²) < 4.78 is 24.3. The minimum atomic E-state index is -0.336. The molecule has 5 nitrogen and oxygen atoms in total. The Bertz CT molecular complexity index is 953. The maximum Gasteiger partial charge on any atom is 0.250 e. The number of halogens is 1. The third kappa shape index (κ3) is 3.95. The number of anilines is 1. The topological polar surface area (TPSA) is 60.5 Å². The number of benzene rings is 2. The molecule has 0 saturated carbocycles. The summed E-state index contributed by atoms with van der Waals surface area (Å²) in [6.45, 7) is 0. The Labute approximate surface area is 147 Å². The maximum absolute atomic E-state index is 13.2. The molecule has 0 bridgehead atoms. The lowest BCUT2D eigenvalue weighted by Gasteiger charge is -2.07. The van der Waals surface area contributed by atoms with Crippen LogP contribution in [-0.2, 0) is 4.79 Å². The van der Waals surface area contributed by atoms with Gasteiger partial charge in [-0.1, -0.05) is 11.3 Å². The predicted molar refractivity (Wildman–Crippen MR) is 96.8 cm³/mol. The van der Waals surface area contributed by atoms with Crippen LogP contribution in [0.1, 0.15) is 5.56 Å². The first-order chi connectivity index (χ1) is 12.1. The van der Waals surface area contributed by atoms with Gasteiger partial charge in [-0.25, -0.2) is 9.37 Å². The van der Waals surface area contributed by atoms with E-state index < -0.39 is 0 Å². The number of ether oxygens (including phenoxy) is 2. The molecule has 0 spiro atoms. The van der Waals surface area contributed by atoms with Crippen LogP contribution in [0.2, 0.25) is 0 Å². The fourth-order valence-electron chi connectivity index (χ4n) is 2.22. The second-order valence-corrected chi connectivity index (χ2v) is 6.09. The number of thiazole rings is 1. The van der Waals surface area contributed by atoms with Gasteiger partial charge in [-0.2, -0.15) is 0 Å². The molecule has 0 aliphatic carbocycles. The van der Waals surface area contributed by atoms with Crippen molar-refractivity contribution in [1.29, 1.82) is 0 Å². The minimum Gasteiger partial charge on any atom is -0.497 e. The molecule has 1 aromatic heterocycles. The Balaban J connectivity index is 1.74. The van der Waals surface area contributed by atoms with Gasteiger partial charge in [0.2, 0.25) is 5.91 Å². The van der Waals surface area contributed by atoms with E-state index in [9.17, 15) is 9.18 Å². The van der Waals surface area contributed by atoms with Crippen LogP contribution in [0.3, 0.4) is 0 Å². The molecule has 7 heteroatoms. The molecule has 2 aromatic carbocycles. The van der Waals surface area contributed by atoms with Crippen molar-refractivity contribution in [2.45, 2.75) is 0 Å². The third-order valence-corrected chi connectivity index (χ3v) is 4.37. The second kappa shape index (κ2) is 7.31. The zero-order valence-corrected chi connectivity index (χ0v) is 14.4. The molecular weight excluding hydrogens is 343 g/mol. The van der Waals surface area contributed by atoms with Crippen molar-refractivity contribution in [3.63, 3.8) is 0 Å². The van der Waals surface area contributed by atoms with Gasteiger partial charge < -0.3 is 9.47 Å². The number of fused-ring (bicyclic) bond motifs is 1. The van der Waals surface area contributed by atoms with Gasteiger partial charge in [0.05, 0.1) is 24.4 Å². The lowest BCUT2D eigenvalue weighted by atomic mass is 10.1. The fraction of sp³-hybridized carbons (Fsp3) is 0.111. The number of nitrogens with one attached hydrogen (secondary N) is 1. The molecule has 0 fully saturated rings. The number of rotatable bonds is 5. The SMILES string of the molecule is COc1ccc(/C=C/C(=O)Nc2nc3ccc(F)cc3s2)c(OC)c1. The van der Waals surface area contributed by atoms with E-state index in [0.29, 0.717) is 26.8 Å². The molecule has 0 aliphatic heterocycles. The van der Waals surface area contributed by atoms with Crippen molar-refractivity contribution in [2.75, 3.05) is 19.5 Å². The van der Waals surface area contributed by atoms with Crippen molar-refractivity contribution < 1.29 is 18.7 Å². The minimum absolute atomic E-state index is 0.333. The van der Waals surface area contributed by atoms with E-state index >= 15 is 0 Å². The Kier molecular flexibility index (Phi) is 4.95. The zero-order valence-electron chi connectivity index (χ0n) is 13.6. The first-order valence-electron chi connectivity index (χ1n) is 7.36. The highest BCUT2D eigenvalue weighted by molar-refractivity contribution is 7.22. The lowest BCUT2D eigenvalue weighted by molar-refractivity contribution is -0.111. The molecule has 1 amide bonds. The predicted octanol–water partition coefficient (Wildman–Crippen LogP) is 4.10. The summed E-state index contributed by atoms with van der Waals surface area (Å²) in [7, 11) is 3.12. The molecule has 128 valence electrons. The molecule has 1 N–H and O–H groups in total. The van der Waals surface area contributed by atoms with Crippen molar-refractivity contribution in [3.8, 4) is 11.5 Å². The standard InChI is InChI=1S/C18H15FN2O3S/c1-23-13-6-3-11(15(10-13)24-2)4-8-17(22)21-18-20-14-7-5-12(19)9-16(14)25-18/h3-10H,1-2H3,(H,20,21,22)/b8-4+. The van der Waals surface area contributed by atoms with Crippen LogP contribution in [0.25, 0.3) is 16.3 Å². The number of carbonyl (C=O) groups excluding carboxylic acids is 1.